The molecular weight excluding hydrogens is 308 g/mol. The zero-order chi connectivity index (χ0) is 17.8. The highest BCUT2D eigenvalue weighted by Crippen LogP contribution is 2.29. The molecule has 2 unspecified atom stereocenters. The van der Waals surface area contributed by atoms with Crippen molar-refractivity contribution in [3.05, 3.63) is 71.4 Å². The van der Waals surface area contributed by atoms with E-state index in [9.17, 15) is 0 Å². The minimum atomic E-state index is -0.144. The van der Waals surface area contributed by atoms with Crippen molar-refractivity contribution < 1.29 is 0 Å². The maximum atomic E-state index is 9.11. The lowest BCUT2D eigenvalue weighted by atomic mass is 9.91. The number of nitrogens with zero attached hydrogens (tertiary/aromatic N) is 1. The first kappa shape index (κ1) is 16.9. The lowest BCUT2D eigenvalue weighted by molar-refractivity contribution is 0.724. The normalized spacial score (nSPS) is 13.3. The van der Waals surface area contributed by atoms with Gasteiger partial charge in [0.25, 0.3) is 0 Å². The van der Waals surface area contributed by atoms with Crippen molar-refractivity contribution in [2.45, 2.75) is 31.7 Å². The van der Waals surface area contributed by atoms with Crippen molar-refractivity contribution in [2.75, 3.05) is 0 Å². The Labute approximate surface area is 147 Å². The number of fused-ring (bicyclic) bond motifs is 1. The molecule has 0 aliphatic heterocycles. The van der Waals surface area contributed by atoms with Gasteiger partial charge >= 0.3 is 0 Å². The van der Waals surface area contributed by atoms with E-state index < -0.39 is 0 Å². The maximum Gasteiger partial charge on any atom is 0.0991 e. The molecule has 4 N–H and O–H groups in total. The zero-order valence-electron chi connectivity index (χ0n) is 14.3. The topological polar surface area (TPSA) is 89.4 Å². The van der Waals surface area contributed by atoms with Crippen molar-refractivity contribution in [2.24, 2.45) is 5.73 Å². The Morgan fingerprint density at radius 2 is 1.96 bits per heavy atom. The fourth-order valence-corrected chi connectivity index (χ4v) is 3.27. The Kier molecular flexibility index (Phi) is 4.97. The fourth-order valence-electron chi connectivity index (χ4n) is 3.27. The van der Waals surface area contributed by atoms with Crippen LogP contribution in [0.5, 0.6) is 0 Å². The van der Waals surface area contributed by atoms with Crippen molar-refractivity contribution in [1.82, 2.24) is 4.98 Å². The van der Waals surface area contributed by atoms with Crippen molar-refractivity contribution >= 4 is 16.6 Å². The quantitative estimate of drug-likeness (QED) is 0.575. The molecule has 0 radical (unpaired) electrons. The van der Waals surface area contributed by atoms with Gasteiger partial charge in [-0.1, -0.05) is 37.3 Å². The first-order chi connectivity index (χ1) is 12.1. The molecule has 4 heteroatoms. The zero-order valence-corrected chi connectivity index (χ0v) is 14.3. The molecule has 0 aliphatic carbocycles. The largest absolute Gasteiger partial charge is 0.361 e. The molecule has 2 aromatic carbocycles. The van der Waals surface area contributed by atoms with Gasteiger partial charge in [-0.15, -0.1) is 0 Å². The predicted octanol–water partition coefficient (Wildman–Crippen LogP) is 4.64. The van der Waals surface area contributed by atoms with Crippen LogP contribution in [-0.4, -0.2) is 10.7 Å². The molecule has 0 aliphatic rings. The number of nitrogens with one attached hydrogen (secondary N) is 2. The van der Waals surface area contributed by atoms with Crippen LogP contribution >= 0.6 is 0 Å². The SMILES string of the molecule is CC(CC(=N)CC(N)c1ccccc1)c1c[nH]c2ccc(C#N)cc12. The van der Waals surface area contributed by atoms with Crippen LogP contribution in [0.1, 0.15) is 48.4 Å². The molecule has 4 nitrogen and oxygen atoms in total. The molecule has 0 spiro atoms. The Hall–Kier alpha value is -2.90. The summed E-state index contributed by atoms with van der Waals surface area (Å²) in [6.07, 6.45) is 3.20. The standard InChI is InChI=1S/C21H22N4/c1-14(9-17(23)11-20(24)16-5-3-2-4-6-16)19-13-25-21-8-7-15(12-22)10-18(19)21/h2-8,10,13-14,20,23,25H,9,11,24H2,1H3. The molecule has 2 atom stereocenters. The molecule has 0 saturated heterocycles. The van der Waals surface area contributed by atoms with E-state index >= 15 is 0 Å². The van der Waals surface area contributed by atoms with Gasteiger partial charge in [0.1, 0.15) is 0 Å². The third-order valence-corrected chi connectivity index (χ3v) is 4.62. The number of benzene rings is 2. The first-order valence-electron chi connectivity index (χ1n) is 8.46. The van der Waals surface area contributed by atoms with Crippen LogP contribution in [0, 0.1) is 16.7 Å². The second kappa shape index (κ2) is 7.33. The average Bonchev–Trinajstić information content (AvgIpc) is 3.05. The van der Waals surface area contributed by atoms with Crippen molar-refractivity contribution in [3.63, 3.8) is 0 Å². The molecule has 25 heavy (non-hydrogen) atoms. The summed E-state index contributed by atoms with van der Waals surface area (Å²) in [6.45, 7) is 2.12. The van der Waals surface area contributed by atoms with Gasteiger partial charge in [-0.05, 0) is 41.7 Å². The third kappa shape index (κ3) is 3.78. The molecule has 126 valence electrons. The van der Waals surface area contributed by atoms with E-state index in [-0.39, 0.29) is 12.0 Å². The number of nitriles is 1. The van der Waals surface area contributed by atoms with E-state index in [0.29, 0.717) is 24.1 Å². The van der Waals surface area contributed by atoms with Gasteiger partial charge in [0.2, 0.25) is 0 Å². The van der Waals surface area contributed by atoms with Crippen LogP contribution in [0.2, 0.25) is 0 Å². The smallest absolute Gasteiger partial charge is 0.0991 e. The fraction of sp³-hybridized carbons (Fsp3) is 0.238. The van der Waals surface area contributed by atoms with E-state index in [1.165, 1.54) is 0 Å². The Morgan fingerprint density at radius 3 is 2.68 bits per heavy atom. The van der Waals surface area contributed by atoms with Gasteiger partial charge in [0.05, 0.1) is 11.6 Å². The van der Waals surface area contributed by atoms with Gasteiger partial charge in [0.15, 0.2) is 0 Å². The lowest BCUT2D eigenvalue weighted by Gasteiger charge is -2.16. The minimum Gasteiger partial charge on any atom is -0.361 e. The number of H-pyrrole nitrogens is 1. The molecule has 0 amide bonds. The number of rotatable bonds is 6. The molecule has 3 rings (SSSR count). The number of hydrogen-bond acceptors (Lipinski definition) is 3. The monoisotopic (exact) mass is 330 g/mol. The van der Waals surface area contributed by atoms with Gasteiger partial charge in [-0.2, -0.15) is 5.26 Å². The van der Waals surface area contributed by atoms with Crippen molar-refractivity contribution in [1.29, 1.82) is 10.7 Å². The van der Waals surface area contributed by atoms with Crippen molar-refractivity contribution in [3.8, 4) is 6.07 Å². The van der Waals surface area contributed by atoms with Gasteiger partial charge in [-0.25, -0.2) is 0 Å². The summed E-state index contributed by atoms with van der Waals surface area (Å²) in [5.41, 5.74) is 10.8. The lowest BCUT2D eigenvalue weighted by Crippen LogP contribution is -2.16. The third-order valence-electron chi connectivity index (χ3n) is 4.62. The second-order valence-electron chi connectivity index (χ2n) is 6.55. The highest BCUT2D eigenvalue weighted by Gasteiger charge is 2.16. The molecule has 1 aromatic heterocycles. The molecular formula is C21H22N4. The summed E-state index contributed by atoms with van der Waals surface area (Å²) in [6, 6.07) is 17.6. The van der Waals surface area contributed by atoms with Crippen LogP contribution in [0.4, 0.5) is 0 Å². The number of hydrogen-bond donors (Lipinski definition) is 3. The van der Waals surface area contributed by atoms with E-state index in [4.69, 9.17) is 16.4 Å². The molecule has 3 aromatic rings. The highest BCUT2D eigenvalue weighted by molar-refractivity contribution is 5.87. The van der Waals surface area contributed by atoms with Gasteiger partial charge in [0, 0.05) is 35.3 Å². The summed E-state index contributed by atoms with van der Waals surface area (Å²) < 4.78 is 0. The predicted molar refractivity (Wildman–Crippen MR) is 102 cm³/mol. The Morgan fingerprint density at radius 1 is 1.20 bits per heavy atom. The van der Waals surface area contributed by atoms with Crippen LogP contribution in [0.3, 0.4) is 0 Å². The molecule has 0 fully saturated rings. The Balaban J connectivity index is 1.71. The molecule has 0 bridgehead atoms. The minimum absolute atomic E-state index is 0.144. The van der Waals surface area contributed by atoms with Gasteiger partial charge in [-0.3, -0.25) is 0 Å². The summed E-state index contributed by atoms with van der Waals surface area (Å²) >= 11 is 0. The van der Waals surface area contributed by atoms with E-state index in [1.807, 2.05) is 54.7 Å². The summed E-state index contributed by atoms with van der Waals surface area (Å²) in [7, 11) is 0. The molecule has 1 heterocycles. The van der Waals surface area contributed by atoms with E-state index in [1.54, 1.807) is 0 Å². The number of nitrogens with two attached hydrogens (primary N) is 1. The highest BCUT2D eigenvalue weighted by atomic mass is 14.7. The van der Waals surface area contributed by atoms with Gasteiger partial charge < -0.3 is 16.1 Å². The van der Waals surface area contributed by atoms with Crippen LogP contribution < -0.4 is 5.73 Å². The van der Waals surface area contributed by atoms with Crippen LogP contribution in [0.15, 0.2) is 54.7 Å². The second-order valence-corrected chi connectivity index (χ2v) is 6.55. The summed E-state index contributed by atoms with van der Waals surface area (Å²) in [4.78, 5) is 3.26. The first-order valence-corrected chi connectivity index (χ1v) is 8.46. The maximum absolute atomic E-state index is 9.11. The summed E-state index contributed by atoms with van der Waals surface area (Å²) in [5.74, 6) is 0.193. The average molecular weight is 330 g/mol. The summed E-state index contributed by atoms with van der Waals surface area (Å²) in [5, 5.41) is 18.5. The van der Waals surface area contributed by atoms with Crippen LogP contribution in [-0.2, 0) is 0 Å². The van der Waals surface area contributed by atoms with E-state index in [0.717, 1.165) is 22.0 Å². The van der Waals surface area contributed by atoms with Crippen LogP contribution in [0.25, 0.3) is 10.9 Å². The van der Waals surface area contributed by atoms with E-state index in [2.05, 4.69) is 18.0 Å². The Bertz CT molecular complexity index is 918. The molecule has 0 saturated carbocycles. The number of aromatic nitrogens is 1. The number of aromatic amines is 1.